The second kappa shape index (κ2) is 9.58. The summed E-state index contributed by atoms with van der Waals surface area (Å²) >= 11 is 12.1. The number of carbonyl (C=O) groups excluding carboxylic acids is 1. The smallest absolute Gasteiger partial charge is 0.227 e. The second-order valence-corrected chi connectivity index (χ2v) is 7.83. The van der Waals surface area contributed by atoms with Gasteiger partial charge in [0.2, 0.25) is 11.9 Å². The Morgan fingerprint density at radius 3 is 2.55 bits per heavy atom. The van der Waals surface area contributed by atoms with E-state index in [1.807, 2.05) is 4.90 Å². The normalized spacial score (nSPS) is 16.1. The maximum Gasteiger partial charge on any atom is 0.227 e. The van der Waals surface area contributed by atoms with E-state index < -0.39 is 6.04 Å². The van der Waals surface area contributed by atoms with Crippen LogP contribution in [-0.4, -0.2) is 58.4 Å². The number of aliphatic hydroxyl groups excluding tert-OH is 2. The number of amides is 1. The van der Waals surface area contributed by atoms with Gasteiger partial charge in [-0.1, -0.05) is 35.3 Å². The molecule has 0 bridgehead atoms. The molecule has 1 aromatic heterocycles. The lowest BCUT2D eigenvalue weighted by Crippen LogP contribution is -2.54. The van der Waals surface area contributed by atoms with Gasteiger partial charge in [0.25, 0.3) is 0 Å². The molecule has 8 nitrogen and oxygen atoms in total. The Balaban J connectivity index is 1.59. The van der Waals surface area contributed by atoms with E-state index in [1.54, 1.807) is 31.2 Å². The molecule has 0 radical (unpaired) electrons. The van der Waals surface area contributed by atoms with Crippen LogP contribution in [0.25, 0.3) is 0 Å². The third-order valence-corrected chi connectivity index (χ3v) is 5.22. The lowest BCUT2D eigenvalue weighted by Gasteiger charge is -2.40. The first-order valence-corrected chi connectivity index (χ1v) is 9.98. The van der Waals surface area contributed by atoms with E-state index in [4.69, 9.17) is 28.3 Å². The van der Waals surface area contributed by atoms with Crippen LogP contribution in [-0.2, 0) is 4.79 Å². The van der Waals surface area contributed by atoms with Crippen molar-refractivity contribution in [2.75, 3.05) is 36.5 Å². The van der Waals surface area contributed by atoms with Gasteiger partial charge >= 0.3 is 0 Å². The number of anilines is 2. The van der Waals surface area contributed by atoms with Crippen molar-refractivity contribution < 1.29 is 15.0 Å². The van der Waals surface area contributed by atoms with Crippen LogP contribution in [0.15, 0.2) is 30.5 Å². The highest BCUT2D eigenvalue weighted by molar-refractivity contribution is 6.32. The van der Waals surface area contributed by atoms with Crippen molar-refractivity contribution in [2.45, 2.75) is 19.0 Å². The average molecular weight is 440 g/mol. The number of nitrogens with zero attached hydrogens (tertiary/aromatic N) is 3. The molecule has 1 saturated heterocycles. The van der Waals surface area contributed by atoms with E-state index >= 15 is 0 Å². The molecule has 1 aliphatic heterocycles. The number of rotatable bonds is 8. The van der Waals surface area contributed by atoms with Crippen LogP contribution in [0.1, 0.15) is 18.5 Å². The molecule has 1 aliphatic rings. The first-order valence-electron chi connectivity index (χ1n) is 9.22. The molecule has 2 aromatic rings. The topological polar surface area (TPSA) is 111 Å². The lowest BCUT2D eigenvalue weighted by atomic mass is 9.98. The molecule has 0 aliphatic carbocycles. The third kappa shape index (κ3) is 5.27. The van der Waals surface area contributed by atoms with E-state index in [-0.39, 0.29) is 31.1 Å². The largest absolute Gasteiger partial charge is 0.394 e. The zero-order valence-corrected chi connectivity index (χ0v) is 17.4. The fourth-order valence-electron chi connectivity index (χ4n) is 2.95. The number of hydrogen-bond donors (Lipinski definition) is 4. The highest BCUT2D eigenvalue weighted by Gasteiger charge is 2.35. The van der Waals surface area contributed by atoms with E-state index in [0.29, 0.717) is 34.9 Å². The molecule has 2 heterocycles. The van der Waals surface area contributed by atoms with Crippen LogP contribution >= 0.6 is 23.2 Å². The first-order chi connectivity index (χ1) is 13.9. The molecule has 0 spiro atoms. The number of hydrogen-bond acceptors (Lipinski definition) is 7. The van der Waals surface area contributed by atoms with Crippen LogP contribution in [0, 0.1) is 5.92 Å². The SMILES string of the molecule is CC(CO)Nc1ncc(Cl)c(N2CC(C(=O)N[C@H](CO)c3ccc(Cl)cc3)C2)n1. The summed E-state index contributed by atoms with van der Waals surface area (Å²) in [6.07, 6.45) is 1.49. The standard InChI is InChI=1S/C19H23Cl2N5O3/c1-11(9-27)23-19-22-6-15(21)17(25-19)26-7-13(8-26)18(29)24-16(10-28)12-2-4-14(20)5-3-12/h2-6,11,13,16,27-28H,7-10H2,1H3,(H,24,29)(H,22,23,25)/t11?,16-/m1/s1. The lowest BCUT2D eigenvalue weighted by molar-refractivity contribution is -0.126. The van der Waals surface area contributed by atoms with E-state index in [1.165, 1.54) is 6.20 Å². The van der Waals surface area contributed by atoms with Gasteiger partial charge in [0.15, 0.2) is 5.82 Å². The molecule has 1 aromatic carbocycles. The second-order valence-electron chi connectivity index (χ2n) is 6.99. The Hall–Kier alpha value is -2.13. The van der Waals surface area contributed by atoms with Crippen LogP contribution in [0.5, 0.6) is 0 Å². The summed E-state index contributed by atoms with van der Waals surface area (Å²) in [5.74, 6) is 0.513. The van der Waals surface area contributed by atoms with Gasteiger partial charge < -0.3 is 25.7 Å². The highest BCUT2D eigenvalue weighted by atomic mass is 35.5. The fraction of sp³-hybridized carbons (Fsp3) is 0.421. The quantitative estimate of drug-likeness (QED) is 0.496. The number of aliphatic hydroxyl groups is 2. The van der Waals surface area contributed by atoms with Gasteiger partial charge in [-0.3, -0.25) is 4.79 Å². The summed E-state index contributed by atoms with van der Waals surface area (Å²) in [6.45, 7) is 2.46. The Bertz CT molecular complexity index is 846. The molecular formula is C19H23Cl2N5O3. The molecule has 29 heavy (non-hydrogen) atoms. The van der Waals surface area contributed by atoms with Crippen LogP contribution in [0.4, 0.5) is 11.8 Å². The van der Waals surface area contributed by atoms with Crippen molar-refractivity contribution in [3.05, 3.63) is 46.1 Å². The summed E-state index contributed by atoms with van der Waals surface area (Å²) in [7, 11) is 0. The average Bonchev–Trinajstić information content (AvgIpc) is 2.68. The first kappa shape index (κ1) is 21.6. The summed E-state index contributed by atoms with van der Waals surface area (Å²) in [6, 6.07) is 6.31. The molecule has 156 valence electrons. The van der Waals surface area contributed by atoms with Gasteiger partial charge in [0.05, 0.1) is 31.4 Å². The van der Waals surface area contributed by atoms with Gasteiger partial charge in [0.1, 0.15) is 5.02 Å². The van der Waals surface area contributed by atoms with E-state index in [0.717, 1.165) is 5.56 Å². The number of halogens is 2. The number of nitrogens with one attached hydrogen (secondary N) is 2. The highest BCUT2D eigenvalue weighted by Crippen LogP contribution is 2.30. The maximum atomic E-state index is 12.6. The molecule has 10 heteroatoms. The number of aromatic nitrogens is 2. The van der Waals surface area contributed by atoms with Crippen molar-refractivity contribution in [1.29, 1.82) is 0 Å². The molecule has 1 unspecified atom stereocenters. The van der Waals surface area contributed by atoms with E-state index in [2.05, 4.69) is 20.6 Å². The summed E-state index contributed by atoms with van der Waals surface area (Å²) in [5.41, 5.74) is 0.786. The minimum Gasteiger partial charge on any atom is -0.394 e. The van der Waals surface area contributed by atoms with E-state index in [9.17, 15) is 9.90 Å². The molecular weight excluding hydrogens is 417 g/mol. The van der Waals surface area contributed by atoms with Crippen molar-refractivity contribution in [3.8, 4) is 0 Å². The minimum absolute atomic E-state index is 0.0487. The van der Waals surface area contributed by atoms with Crippen LogP contribution in [0.2, 0.25) is 10.0 Å². The number of benzene rings is 1. The Morgan fingerprint density at radius 2 is 1.93 bits per heavy atom. The van der Waals surface area contributed by atoms with Gasteiger partial charge in [-0.15, -0.1) is 0 Å². The molecule has 1 fully saturated rings. The van der Waals surface area contributed by atoms with Gasteiger partial charge in [0, 0.05) is 24.2 Å². The van der Waals surface area contributed by atoms with Crippen LogP contribution in [0.3, 0.4) is 0 Å². The van der Waals surface area contributed by atoms with Crippen molar-refractivity contribution >= 4 is 40.9 Å². The molecule has 1 amide bonds. The third-order valence-electron chi connectivity index (χ3n) is 4.70. The molecule has 3 rings (SSSR count). The zero-order valence-electron chi connectivity index (χ0n) is 15.8. The van der Waals surface area contributed by atoms with Crippen molar-refractivity contribution in [3.63, 3.8) is 0 Å². The Kier molecular flexibility index (Phi) is 7.13. The van der Waals surface area contributed by atoms with Crippen molar-refractivity contribution in [2.24, 2.45) is 5.92 Å². The molecule has 4 N–H and O–H groups in total. The summed E-state index contributed by atoms with van der Waals surface area (Å²) in [4.78, 5) is 22.9. The van der Waals surface area contributed by atoms with Crippen molar-refractivity contribution in [1.82, 2.24) is 15.3 Å². The predicted molar refractivity (Wildman–Crippen MR) is 112 cm³/mol. The van der Waals surface area contributed by atoms with Gasteiger partial charge in [-0.05, 0) is 24.6 Å². The minimum atomic E-state index is -0.493. The van der Waals surface area contributed by atoms with Crippen LogP contribution < -0.4 is 15.5 Å². The predicted octanol–water partition coefficient (Wildman–Crippen LogP) is 1.86. The molecule has 0 saturated carbocycles. The Morgan fingerprint density at radius 1 is 1.24 bits per heavy atom. The number of carbonyl (C=O) groups is 1. The zero-order chi connectivity index (χ0) is 21.0. The Labute approximate surface area is 178 Å². The summed E-state index contributed by atoms with van der Waals surface area (Å²) < 4.78 is 0. The fourth-order valence-corrected chi connectivity index (χ4v) is 3.29. The monoisotopic (exact) mass is 439 g/mol. The van der Waals surface area contributed by atoms with Gasteiger partial charge in [-0.2, -0.15) is 4.98 Å². The maximum absolute atomic E-state index is 12.6. The summed E-state index contributed by atoms with van der Waals surface area (Å²) in [5, 5.41) is 25.6. The molecule has 2 atom stereocenters. The van der Waals surface area contributed by atoms with Gasteiger partial charge in [-0.25, -0.2) is 4.98 Å².